The zero-order chi connectivity index (χ0) is 17.1. The minimum Gasteiger partial charge on any atom is -0.467 e. The van der Waals surface area contributed by atoms with E-state index in [2.05, 4.69) is 15.5 Å². The van der Waals surface area contributed by atoms with Crippen molar-refractivity contribution >= 4 is 17.5 Å². The lowest BCUT2D eigenvalue weighted by atomic mass is 10.2. The Balaban J connectivity index is 1.71. The topological polar surface area (TPSA) is 93.2 Å². The molecule has 7 nitrogen and oxygen atoms in total. The van der Waals surface area contributed by atoms with Crippen LogP contribution in [-0.4, -0.2) is 32.6 Å². The summed E-state index contributed by atoms with van der Waals surface area (Å²) < 4.78 is 5.08. The molecule has 0 aliphatic carbocycles. The van der Waals surface area contributed by atoms with Crippen LogP contribution in [-0.2, 0) is 0 Å². The number of nitrogens with zero attached hydrogens (tertiary/aromatic N) is 3. The smallest absolute Gasteiger partial charge is 0.273 e. The number of carbonyl (C=O) groups excluding carboxylic acids is 1. The van der Waals surface area contributed by atoms with Crippen LogP contribution in [0.25, 0.3) is 5.69 Å². The quantitative estimate of drug-likeness (QED) is 0.739. The summed E-state index contributed by atoms with van der Waals surface area (Å²) in [5.41, 5.74) is 1.31. The number of nitrogens with one attached hydrogen (secondary N) is 1. The number of aliphatic hydroxyl groups is 1. The van der Waals surface area contributed by atoms with Crippen LogP contribution in [0.1, 0.15) is 28.0 Å². The largest absolute Gasteiger partial charge is 0.467 e. The van der Waals surface area contributed by atoms with E-state index in [1.165, 1.54) is 11.1 Å². The van der Waals surface area contributed by atoms with Gasteiger partial charge in [-0.15, -0.1) is 5.10 Å². The molecule has 0 aliphatic rings. The van der Waals surface area contributed by atoms with Crippen LogP contribution in [0.4, 0.5) is 0 Å². The van der Waals surface area contributed by atoms with Crippen molar-refractivity contribution < 1.29 is 14.3 Å². The van der Waals surface area contributed by atoms with Crippen molar-refractivity contribution in [2.75, 3.05) is 6.54 Å². The number of carbonyl (C=O) groups is 1. The van der Waals surface area contributed by atoms with E-state index in [9.17, 15) is 9.90 Å². The maximum Gasteiger partial charge on any atom is 0.273 e. The highest BCUT2D eigenvalue weighted by Crippen LogP contribution is 2.15. The summed E-state index contributed by atoms with van der Waals surface area (Å²) in [6.07, 6.45) is 0.536. The molecule has 0 saturated carbocycles. The van der Waals surface area contributed by atoms with Crippen LogP contribution in [0.3, 0.4) is 0 Å². The van der Waals surface area contributed by atoms with E-state index in [1.54, 1.807) is 43.3 Å². The summed E-state index contributed by atoms with van der Waals surface area (Å²) in [5, 5.41) is 21.5. The molecule has 1 unspecified atom stereocenters. The maximum atomic E-state index is 12.3. The van der Waals surface area contributed by atoms with Crippen LogP contribution in [0, 0.1) is 6.92 Å². The standard InChI is InChI=1S/C16H15ClN4O3/c1-10-15(16(23)18-9-13(22)14-6-3-7-24-14)20-21(19-10)12-5-2-4-11(17)8-12/h2-8,13,22H,9H2,1H3,(H,18,23). The van der Waals surface area contributed by atoms with E-state index in [0.29, 0.717) is 22.2 Å². The second kappa shape index (κ2) is 6.86. The average molecular weight is 347 g/mol. The van der Waals surface area contributed by atoms with Gasteiger partial charge in [0.1, 0.15) is 11.9 Å². The molecular formula is C16H15ClN4O3. The number of aromatic nitrogens is 3. The summed E-state index contributed by atoms with van der Waals surface area (Å²) in [4.78, 5) is 13.6. The molecule has 0 fully saturated rings. The van der Waals surface area contributed by atoms with Crippen molar-refractivity contribution in [1.82, 2.24) is 20.3 Å². The molecule has 8 heteroatoms. The first-order valence-electron chi connectivity index (χ1n) is 7.24. The number of benzene rings is 1. The van der Waals surface area contributed by atoms with Gasteiger partial charge in [0.25, 0.3) is 5.91 Å². The summed E-state index contributed by atoms with van der Waals surface area (Å²) >= 11 is 5.95. The minimum atomic E-state index is -0.924. The zero-order valence-electron chi connectivity index (χ0n) is 12.8. The molecule has 1 atom stereocenters. The Morgan fingerprint density at radius 1 is 1.38 bits per heavy atom. The molecule has 0 bridgehead atoms. The maximum absolute atomic E-state index is 12.3. The lowest BCUT2D eigenvalue weighted by Gasteiger charge is -2.08. The van der Waals surface area contributed by atoms with Gasteiger partial charge in [-0.1, -0.05) is 17.7 Å². The third-order valence-corrected chi connectivity index (χ3v) is 3.60. The molecule has 24 heavy (non-hydrogen) atoms. The highest BCUT2D eigenvalue weighted by Gasteiger charge is 2.18. The lowest BCUT2D eigenvalue weighted by Crippen LogP contribution is -2.29. The SMILES string of the molecule is Cc1nn(-c2cccc(Cl)c2)nc1C(=O)NCC(O)c1ccco1. The second-order valence-corrected chi connectivity index (χ2v) is 5.58. The fraction of sp³-hybridized carbons (Fsp3) is 0.188. The number of amides is 1. The van der Waals surface area contributed by atoms with Gasteiger partial charge >= 0.3 is 0 Å². The molecule has 3 rings (SSSR count). The second-order valence-electron chi connectivity index (χ2n) is 5.14. The monoisotopic (exact) mass is 346 g/mol. The first-order valence-corrected chi connectivity index (χ1v) is 7.62. The van der Waals surface area contributed by atoms with Crippen LogP contribution in [0.5, 0.6) is 0 Å². The Hall–Kier alpha value is -2.64. The number of aliphatic hydroxyl groups excluding tert-OH is 1. The van der Waals surface area contributed by atoms with Crippen molar-refractivity contribution in [2.24, 2.45) is 0 Å². The highest BCUT2D eigenvalue weighted by molar-refractivity contribution is 6.30. The van der Waals surface area contributed by atoms with Crippen molar-refractivity contribution in [3.05, 3.63) is 64.8 Å². The molecule has 0 saturated heterocycles. The molecule has 0 spiro atoms. The summed E-state index contributed by atoms with van der Waals surface area (Å²) in [7, 11) is 0. The average Bonchev–Trinajstić information content (AvgIpc) is 3.22. The molecule has 2 heterocycles. The van der Waals surface area contributed by atoms with Crippen molar-refractivity contribution in [3.8, 4) is 5.69 Å². The predicted octanol–water partition coefficient (Wildman–Crippen LogP) is 2.29. The van der Waals surface area contributed by atoms with Crippen molar-refractivity contribution in [2.45, 2.75) is 13.0 Å². The van der Waals surface area contributed by atoms with Crippen molar-refractivity contribution in [3.63, 3.8) is 0 Å². The van der Waals surface area contributed by atoms with E-state index in [-0.39, 0.29) is 12.2 Å². The number of furan rings is 1. The molecule has 2 aromatic heterocycles. The van der Waals surface area contributed by atoms with Gasteiger partial charge in [-0.3, -0.25) is 4.79 Å². The van der Waals surface area contributed by atoms with Crippen molar-refractivity contribution in [1.29, 1.82) is 0 Å². The molecule has 3 aromatic rings. The molecule has 1 aromatic carbocycles. The third-order valence-electron chi connectivity index (χ3n) is 3.36. The van der Waals surface area contributed by atoms with Gasteiger partial charge in [0.05, 0.1) is 24.2 Å². The molecule has 2 N–H and O–H groups in total. The third kappa shape index (κ3) is 3.47. The normalized spacial score (nSPS) is 12.1. The van der Waals surface area contributed by atoms with E-state index < -0.39 is 12.0 Å². The predicted molar refractivity (Wildman–Crippen MR) is 87.1 cm³/mol. The number of hydrogen-bond acceptors (Lipinski definition) is 5. The van der Waals surface area contributed by atoms with Gasteiger partial charge < -0.3 is 14.8 Å². The summed E-state index contributed by atoms with van der Waals surface area (Å²) in [5.74, 6) is -0.0408. The molecule has 0 aliphatic heterocycles. The van der Waals surface area contributed by atoms with Crippen LogP contribution in [0.15, 0.2) is 47.1 Å². The Kier molecular flexibility index (Phi) is 4.64. The number of halogens is 1. The fourth-order valence-electron chi connectivity index (χ4n) is 2.16. The van der Waals surface area contributed by atoms with Gasteiger partial charge in [-0.2, -0.15) is 9.90 Å². The Labute approximate surface area is 142 Å². The first-order chi connectivity index (χ1) is 11.5. The Morgan fingerprint density at radius 3 is 2.92 bits per heavy atom. The lowest BCUT2D eigenvalue weighted by molar-refractivity contribution is 0.0895. The first kappa shape index (κ1) is 16.2. The Morgan fingerprint density at radius 2 is 2.21 bits per heavy atom. The van der Waals surface area contributed by atoms with Crippen LogP contribution in [0.2, 0.25) is 5.02 Å². The molecule has 0 radical (unpaired) electrons. The van der Waals surface area contributed by atoms with E-state index in [4.69, 9.17) is 16.0 Å². The van der Waals surface area contributed by atoms with Crippen LogP contribution < -0.4 is 5.32 Å². The highest BCUT2D eigenvalue weighted by atomic mass is 35.5. The van der Waals surface area contributed by atoms with E-state index in [1.807, 2.05) is 0 Å². The zero-order valence-corrected chi connectivity index (χ0v) is 13.6. The number of aryl methyl sites for hydroxylation is 1. The number of hydrogen-bond donors (Lipinski definition) is 2. The molecule has 124 valence electrons. The van der Waals surface area contributed by atoms with Gasteiger partial charge in [-0.25, -0.2) is 0 Å². The van der Waals surface area contributed by atoms with Crippen LogP contribution >= 0.6 is 11.6 Å². The molecular weight excluding hydrogens is 332 g/mol. The van der Waals surface area contributed by atoms with E-state index in [0.717, 1.165) is 0 Å². The Bertz CT molecular complexity index is 845. The summed E-state index contributed by atoms with van der Waals surface area (Å²) in [6, 6.07) is 10.3. The van der Waals surface area contributed by atoms with E-state index >= 15 is 0 Å². The number of rotatable bonds is 5. The van der Waals surface area contributed by atoms with Gasteiger partial charge in [0, 0.05) is 5.02 Å². The van der Waals surface area contributed by atoms with Gasteiger partial charge in [0.15, 0.2) is 5.69 Å². The summed E-state index contributed by atoms with van der Waals surface area (Å²) in [6.45, 7) is 1.70. The van der Waals surface area contributed by atoms with Gasteiger partial charge in [0.2, 0.25) is 0 Å². The van der Waals surface area contributed by atoms with Gasteiger partial charge in [-0.05, 0) is 37.3 Å². The minimum absolute atomic E-state index is 0.00973. The fourth-order valence-corrected chi connectivity index (χ4v) is 2.34. The molecule has 1 amide bonds.